The number of amides is 1. The van der Waals surface area contributed by atoms with Crippen LogP contribution in [0.2, 0.25) is 0 Å². The molecule has 1 atom stereocenters. The molecule has 3 N–H and O–H groups in total. The summed E-state index contributed by atoms with van der Waals surface area (Å²) in [6.45, 7) is 2.30. The minimum absolute atomic E-state index is 0.235. The third kappa shape index (κ3) is 2.86. The third-order valence-corrected chi connectivity index (χ3v) is 2.36. The summed E-state index contributed by atoms with van der Waals surface area (Å²) in [6, 6.07) is 0. The quantitative estimate of drug-likeness (QED) is 0.469. The number of hydrazine groups is 1. The summed E-state index contributed by atoms with van der Waals surface area (Å²) in [5.74, 6) is 5.69. The minimum Gasteiger partial charge on any atom is -0.453 e. The molecule has 76 valence electrons. The van der Waals surface area contributed by atoms with Crippen LogP contribution in [0.3, 0.4) is 0 Å². The van der Waals surface area contributed by atoms with Crippen LogP contribution in [0.1, 0.15) is 12.8 Å². The van der Waals surface area contributed by atoms with Crippen molar-refractivity contribution in [3.63, 3.8) is 0 Å². The molecule has 0 saturated carbocycles. The van der Waals surface area contributed by atoms with Crippen LogP contribution in [0.25, 0.3) is 0 Å². The van der Waals surface area contributed by atoms with E-state index in [0.717, 1.165) is 32.5 Å². The topological polar surface area (TPSA) is 67.6 Å². The Labute approximate surface area is 78.2 Å². The van der Waals surface area contributed by atoms with Crippen molar-refractivity contribution in [2.24, 2.45) is 11.8 Å². The lowest BCUT2D eigenvalue weighted by molar-refractivity contribution is 0.102. The monoisotopic (exact) mass is 187 g/mol. The molecule has 5 nitrogen and oxygen atoms in total. The molecule has 5 heteroatoms. The maximum atomic E-state index is 11.2. The molecule has 1 aliphatic heterocycles. The average Bonchev–Trinajstić information content (AvgIpc) is 2.18. The van der Waals surface area contributed by atoms with Crippen LogP contribution in [-0.2, 0) is 4.74 Å². The van der Waals surface area contributed by atoms with Crippen molar-refractivity contribution in [1.82, 2.24) is 10.3 Å². The minimum atomic E-state index is -0.235. The molecule has 1 fully saturated rings. The molecule has 0 aromatic carbocycles. The highest BCUT2D eigenvalue weighted by Crippen LogP contribution is 2.15. The molecule has 1 saturated heterocycles. The van der Waals surface area contributed by atoms with Gasteiger partial charge in [0.25, 0.3) is 0 Å². The Morgan fingerprint density at radius 2 is 2.54 bits per heavy atom. The highest BCUT2D eigenvalue weighted by Gasteiger charge is 2.23. The zero-order chi connectivity index (χ0) is 9.68. The van der Waals surface area contributed by atoms with E-state index in [1.165, 1.54) is 7.11 Å². The summed E-state index contributed by atoms with van der Waals surface area (Å²) in [5, 5.41) is 0. The molecule has 1 rings (SSSR count). The van der Waals surface area contributed by atoms with Gasteiger partial charge in [0, 0.05) is 19.6 Å². The number of nitrogens with two attached hydrogens (primary N) is 1. The lowest BCUT2D eigenvalue weighted by Gasteiger charge is -2.31. The fourth-order valence-corrected chi connectivity index (χ4v) is 1.69. The second-order valence-corrected chi connectivity index (χ2v) is 3.33. The lowest BCUT2D eigenvalue weighted by atomic mass is 9.99. The molecule has 1 amide bonds. The molecule has 1 heterocycles. The highest BCUT2D eigenvalue weighted by atomic mass is 16.5. The molecule has 0 bridgehead atoms. The van der Waals surface area contributed by atoms with Crippen LogP contribution < -0.4 is 11.3 Å². The van der Waals surface area contributed by atoms with Crippen molar-refractivity contribution in [2.45, 2.75) is 12.8 Å². The average molecular weight is 187 g/mol. The first-order valence-electron chi connectivity index (χ1n) is 4.54. The smallest absolute Gasteiger partial charge is 0.409 e. The number of nitrogens with one attached hydrogen (secondary N) is 1. The van der Waals surface area contributed by atoms with Crippen LogP contribution in [0.5, 0.6) is 0 Å². The van der Waals surface area contributed by atoms with Crippen LogP contribution in [-0.4, -0.2) is 37.7 Å². The molecular weight excluding hydrogens is 170 g/mol. The molecule has 0 radical (unpaired) electrons. The molecule has 1 unspecified atom stereocenters. The van der Waals surface area contributed by atoms with Gasteiger partial charge < -0.3 is 9.64 Å². The Kier molecular flexibility index (Phi) is 3.98. The fourth-order valence-electron chi connectivity index (χ4n) is 1.69. The number of methoxy groups -OCH3 is 1. The van der Waals surface area contributed by atoms with Crippen LogP contribution in [0, 0.1) is 5.92 Å². The van der Waals surface area contributed by atoms with Crippen molar-refractivity contribution in [1.29, 1.82) is 0 Å². The van der Waals surface area contributed by atoms with Gasteiger partial charge in [0.15, 0.2) is 0 Å². The van der Waals surface area contributed by atoms with E-state index in [-0.39, 0.29) is 6.09 Å². The number of carbonyl (C=O) groups is 1. The first-order chi connectivity index (χ1) is 6.27. The Bertz CT molecular complexity index is 173. The standard InChI is InChI=1S/C8H17N3O2/c1-13-8(12)11-4-2-3-7(6-11)5-10-9/h7,10H,2-6,9H2,1H3. The number of hydrogen-bond donors (Lipinski definition) is 2. The predicted molar refractivity (Wildman–Crippen MR) is 48.9 cm³/mol. The number of carbonyl (C=O) groups excluding carboxylic acids is 1. The largest absolute Gasteiger partial charge is 0.453 e. The fraction of sp³-hybridized carbons (Fsp3) is 0.875. The highest BCUT2D eigenvalue weighted by molar-refractivity contribution is 5.67. The molecular formula is C8H17N3O2. The zero-order valence-electron chi connectivity index (χ0n) is 7.95. The lowest BCUT2D eigenvalue weighted by Crippen LogP contribution is -2.43. The van der Waals surface area contributed by atoms with Gasteiger partial charge in [0.1, 0.15) is 0 Å². The van der Waals surface area contributed by atoms with E-state index in [1.54, 1.807) is 4.90 Å². The Balaban J connectivity index is 2.37. The Morgan fingerprint density at radius 1 is 1.77 bits per heavy atom. The van der Waals surface area contributed by atoms with Crippen molar-refractivity contribution in [3.8, 4) is 0 Å². The summed E-state index contributed by atoms with van der Waals surface area (Å²) in [6.07, 6.45) is 1.92. The number of nitrogens with zero attached hydrogens (tertiary/aromatic N) is 1. The van der Waals surface area contributed by atoms with Gasteiger partial charge in [-0.15, -0.1) is 0 Å². The van der Waals surface area contributed by atoms with Gasteiger partial charge in [-0.2, -0.15) is 0 Å². The van der Waals surface area contributed by atoms with E-state index in [4.69, 9.17) is 5.84 Å². The first kappa shape index (κ1) is 10.3. The van der Waals surface area contributed by atoms with E-state index < -0.39 is 0 Å². The number of piperidine rings is 1. The molecule has 1 aliphatic rings. The summed E-state index contributed by atoms with van der Waals surface area (Å²) in [7, 11) is 1.41. The van der Waals surface area contributed by atoms with Gasteiger partial charge in [-0.05, 0) is 18.8 Å². The Hall–Kier alpha value is -0.810. The van der Waals surface area contributed by atoms with E-state index in [9.17, 15) is 4.79 Å². The van der Waals surface area contributed by atoms with Crippen molar-refractivity contribution >= 4 is 6.09 Å². The second kappa shape index (κ2) is 5.04. The van der Waals surface area contributed by atoms with E-state index >= 15 is 0 Å². The summed E-state index contributed by atoms with van der Waals surface area (Å²) in [4.78, 5) is 12.9. The van der Waals surface area contributed by atoms with Crippen molar-refractivity contribution in [2.75, 3.05) is 26.7 Å². The molecule has 0 aromatic heterocycles. The number of hydrogen-bond acceptors (Lipinski definition) is 4. The third-order valence-electron chi connectivity index (χ3n) is 2.36. The first-order valence-corrected chi connectivity index (χ1v) is 4.54. The van der Waals surface area contributed by atoms with Crippen LogP contribution in [0.15, 0.2) is 0 Å². The van der Waals surface area contributed by atoms with Gasteiger partial charge in [0.05, 0.1) is 7.11 Å². The SMILES string of the molecule is COC(=O)N1CCCC(CNN)C1. The summed E-state index contributed by atoms with van der Waals surface area (Å²) >= 11 is 0. The van der Waals surface area contributed by atoms with Gasteiger partial charge in [-0.1, -0.05) is 0 Å². The number of likely N-dealkylation sites (tertiary alicyclic amines) is 1. The number of ether oxygens (including phenoxy) is 1. The maximum absolute atomic E-state index is 11.2. The molecule has 0 aromatic rings. The zero-order valence-corrected chi connectivity index (χ0v) is 7.95. The van der Waals surface area contributed by atoms with Gasteiger partial charge in [0.2, 0.25) is 0 Å². The molecule has 0 aliphatic carbocycles. The van der Waals surface area contributed by atoms with E-state index in [1.807, 2.05) is 0 Å². The van der Waals surface area contributed by atoms with Crippen LogP contribution >= 0.6 is 0 Å². The maximum Gasteiger partial charge on any atom is 0.409 e. The summed E-state index contributed by atoms with van der Waals surface area (Å²) in [5.41, 5.74) is 2.64. The van der Waals surface area contributed by atoms with Crippen molar-refractivity contribution < 1.29 is 9.53 Å². The Morgan fingerprint density at radius 3 is 3.15 bits per heavy atom. The van der Waals surface area contributed by atoms with Gasteiger partial charge >= 0.3 is 6.09 Å². The van der Waals surface area contributed by atoms with Crippen molar-refractivity contribution in [3.05, 3.63) is 0 Å². The summed E-state index contributed by atoms with van der Waals surface area (Å²) < 4.78 is 4.65. The number of rotatable bonds is 2. The van der Waals surface area contributed by atoms with Gasteiger partial charge in [-0.3, -0.25) is 11.3 Å². The van der Waals surface area contributed by atoms with E-state index in [0.29, 0.717) is 5.92 Å². The van der Waals surface area contributed by atoms with Gasteiger partial charge in [-0.25, -0.2) is 4.79 Å². The molecule has 0 spiro atoms. The second-order valence-electron chi connectivity index (χ2n) is 3.33. The van der Waals surface area contributed by atoms with Crippen LogP contribution in [0.4, 0.5) is 4.79 Å². The normalized spacial score (nSPS) is 22.9. The van der Waals surface area contributed by atoms with E-state index in [2.05, 4.69) is 10.2 Å². The predicted octanol–water partition coefficient (Wildman–Crippen LogP) is -0.0719. The molecule has 13 heavy (non-hydrogen) atoms.